The highest BCUT2D eigenvalue weighted by molar-refractivity contribution is 5.75. The molecule has 0 spiro atoms. The normalized spacial score (nSPS) is 10.8. The lowest BCUT2D eigenvalue weighted by Crippen LogP contribution is -2.27. The van der Waals surface area contributed by atoms with Gasteiger partial charge in [0.05, 0.1) is 11.9 Å². The maximum atomic E-state index is 12.0. The average Bonchev–Trinajstić information content (AvgIpc) is 3.23. The number of H-pyrrole nitrogens is 1. The van der Waals surface area contributed by atoms with Crippen LogP contribution in [0.4, 0.5) is 5.95 Å². The SMILES string of the molecule is Nc1ncc(CCCc2cn(CC(=O)NCc3ccc(O)cc3)nn2)[nH]1. The Morgan fingerprint density at radius 3 is 2.81 bits per heavy atom. The number of aromatic amines is 1. The molecule has 0 aliphatic rings. The molecule has 9 heteroatoms. The number of imidazole rings is 1. The number of benzene rings is 1. The molecule has 9 nitrogen and oxygen atoms in total. The Morgan fingerprint density at radius 1 is 1.27 bits per heavy atom. The molecule has 0 aliphatic heterocycles. The van der Waals surface area contributed by atoms with E-state index in [1.807, 2.05) is 0 Å². The summed E-state index contributed by atoms with van der Waals surface area (Å²) in [5, 5.41) is 20.1. The lowest BCUT2D eigenvalue weighted by Gasteiger charge is -2.05. The molecule has 0 aliphatic carbocycles. The Balaban J connectivity index is 1.41. The van der Waals surface area contributed by atoms with Crippen molar-refractivity contribution in [3.63, 3.8) is 0 Å². The van der Waals surface area contributed by atoms with Crippen molar-refractivity contribution in [2.75, 3.05) is 5.73 Å². The summed E-state index contributed by atoms with van der Waals surface area (Å²) in [6.07, 6.45) is 5.97. The number of nitrogens with zero attached hydrogens (tertiary/aromatic N) is 4. The fraction of sp³-hybridized carbons (Fsp3) is 0.294. The average molecular weight is 355 g/mol. The predicted octanol–water partition coefficient (Wildman–Crippen LogP) is 0.781. The molecule has 136 valence electrons. The minimum absolute atomic E-state index is 0.113. The Labute approximate surface area is 150 Å². The van der Waals surface area contributed by atoms with E-state index in [0.717, 1.165) is 36.2 Å². The molecule has 0 saturated carbocycles. The maximum absolute atomic E-state index is 12.0. The van der Waals surface area contributed by atoms with Gasteiger partial charge in [-0.1, -0.05) is 17.3 Å². The van der Waals surface area contributed by atoms with Crippen molar-refractivity contribution in [3.8, 4) is 5.75 Å². The standard InChI is InChI=1S/C17H21N7O2/c18-17-20-9-13(21-17)2-1-3-14-10-24(23-22-14)11-16(26)19-8-12-4-6-15(25)7-5-12/h4-7,9-10,25H,1-3,8,11H2,(H,19,26)(H3,18,20,21). The van der Waals surface area contributed by atoms with Crippen molar-refractivity contribution in [3.05, 3.63) is 53.6 Å². The summed E-state index contributed by atoms with van der Waals surface area (Å²) in [6, 6.07) is 6.69. The van der Waals surface area contributed by atoms with E-state index in [0.29, 0.717) is 12.5 Å². The van der Waals surface area contributed by atoms with Crippen molar-refractivity contribution in [2.45, 2.75) is 32.4 Å². The second-order valence-electron chi connectivity index (χ2n) is 6.00. The zero-order chi connectivity index (χ0) is 18.4. The molecule has 1 amide bonds. The predicted molar refractivity (Wildman–Crippen MR) is 95.0 cm³/mol. The number of aryl methyl sites for hydroxylation is 2. The number of anilines is 1. The van der Waals surface area contributed by atoms with Crippen molar-refractivity contribution in [2.24, 2.45) is 0 Å². The van der Waals surface area contributed by atoms with Crippen LogP contribution >= 0.6 is 0 Å². The van der Waals surface area contributed by atoms with Crippen LogP contribution in [0, 0.1) is 0 Å². The topological polar surface area (TPSA) is 135 Å². The first-order valence-electron chi connectivity index (χ1n) is 8.31. The van der Waals surface area contributed by atoms with E-state index in [1.165, 1.54) is 4.68 Å². The van der Waals surface area contributed by atoms with E-state index in [4.69, 9.17) is 5.73 Å². The molecule has 0 unspecified atom stereocenters. The molecule has 0 radical (unpaired) electrons. The molecule has 3 rings (SSSR count). The van der Waals surface area contributed by atoms with Gasteiger partial charge < -0.3 is 21.1 Å². The second kappa shape index (κ2) is 8.15. The molecule has 0 saturated heterocycles. The van der Waals surface area contributed by atoms with E-state index in [2.05, 4.69) is 25.6 Å². The number of hydrogen-bond donors (Lipinski definition) is 4. The first kappa shape index (κ1) is 17.5. The first-order chi connectivity index (χ1) is 12.6. The summed E-state index contributed by atoms with van der Waals surface area (Å²) in [5.41, 5.74) is 8.28. The van der Waals surface area contributed by atoms with E-state index in [-0.39, 0.29) is 18.2 Å². The lowest BCUT2D eigenvalue weighted by molar-refractivity contribution is -0.122. The number of aromatic nitrogens is 5. The lowest BCUT2D eigenvalue weighted by atomic mass is 10.2. The van der Waals surface area contributed by atoms with Gasteiger partial charge in [0.1, 0.15) is 12.3 Å². The van der Waals surface area contributed by atoms with E-state index in [9.17, 15) is 9.90 Å². The molecule has 1 aromatic carbocycles. The van der Waals surface area contributed by atoms with Gasteiger partial charge in [0.25, 0.3) is 0 Å². The Kier molecular flexibility index (Phi) is 5.47. The highest BCUT2D eigenvalue weighted by Crippen LogP contribution is 2.09. The zero-order valence-electron chi connectivity index (χ0n) is 14.2. The van der Waals surface area contributed by atoms with Crippen molar-refractivity contribution < 1.29 is 9.90 Å². The Bertz CT molecular complexity index is 854. The molecule has 0 bridgehead atoms. The number of aromatic hydroxyl groups is 1. The third-order valence-corrected chi connectivity index (χ3v) is 3.84. The van der Waals surface area contributed by atoms with Gasteiger partial charge in [-0.25, -0.2) is 9.67 Å². The smallest absolute Gasteiger partial charge is 0.242 e. The monoisotopic (exact) mass is 355 g/mol. The molecular formula is C17H21N7O2. The minimum atomic E-state index is -0.150. The molecule has 0 fully saturated rings. The fourth-order valence-corrected chi connectivity index (χ4v) is 2.51. The van der Waals surface area contributed by atoms with Crippen LogP contribution in [0.2, 0.25) is 0 Å². The van der Waals surface area contributed by atoms with Crippen molar-refractivity contribution in [1.82, 2.24) is 30.3 Å². The number of nitrogens with one attached hydrogen (secondary N) is 2. The van der Waals surface area contributed by atoms with E-state index < -0.39 is 0 Å². The summed E-state index contributed by atoms with van der Waals surface area (Å²) in [7, 11) is 0. The quantitative estimate of drug-likeness (QED) is 0.472. The largest absolute Gasteiger partial charge is 0.508 e. The van der Waals surface area contributed by atoms with Crippen LogP contribution in [0.1, 0.15) is 23.4 Å². The number of phenolic OH excluding ortho intramolecular Hbond substituents is 1. The van der Waals surface area contributed by atoms with Crippen LogP contribution in [0.25, 0.3) is 0 Å². The van der Waals surface area contributed by atoms with Gasteiger partial charge in [0.15, 0.2) is 5.95 Å². The number of hydrogen-bond acceptors (Lipinski definition) is 6. The molecule has 2 heterocycles. The number of nitrogen functional groups attached to an aromatic ring is 1. The molecule has 3 aromatic rings. The van der Waals surface area contributed by atoms with Gasteiger partial charge in [-0.05, 0) is 37.0 Å². The van der Waals surface area contributed by atoms with E-state index in [1.54, 1.807) is 36.7 Å². The molecule has 0 atom stereocenters. The maximum Gasteiger partial charge on any atom is 0.242 e. The first-order valence-corrected chi connectivity index (χ1v) is 8.31. The number of nitrogens with two attached hydrogens (primary N) is 1. The van der Waals surface area contributed by atoms with E-state index >= 15 is 0 Å². The van der Waals surface area contributed by atoms with Gasteiger partial charge in [-0.2, -0.15) is 0 Å². The molecular weight excluding hydrogens is 334 g/mol. The van der Waals surface area contributed by atoms with Crippen LogP contribution < -0.4 is 11.1 Å². The number of carbonyl (C=O) groups excluding carboxylic acids is 1. The molecule has 26 heavy (non-hydrogen) atoms. The van der Waals surface area contributed by atoms with Crippen LogP contribution in [-0.2, 0) is 30.7 Å². The third-order valence-electron chi connectivity index (χ3n) is 3.84. The summed E-state index contributed by atoms with van der Waals surface area (Å²) in [6.45, 7) is 0.510. The molecule has 2 aromatic heterocycles. The minimum Gasteiger partial charge on any atom is -0.508 e. The Hall–Kier alpha value is -3.36. The zero-order valence-corrected chi connectivity index (χ0v) is 14.2. The van der Waals surface area contributed by atoms with Crippen LogP contribution in [-0.4, -0.2) is 36.0 Å². The molecule has 5 N–H and O–H groups in total. The second-order valence-corrected chi connectivity index (χ2v) is 6.00. The summed E-state index contributed by atoms with van der Waals surface area (Å²) < 4.78 is 1.52. The number of rotatable bonds is 8. The van der Waals surface area contributed by atoms with Crippen LogP contribution in [0.15, 0.2) is 36.7 Å². The van der Waals surface area contributed by atoms with Gasteiger partial charge in [0.2, 0.25) is 5.91 Å². The summed E-state index contributed by atoms with van der Waals surface area (Å²) >= 11 is 0. The summed E-state index contributed by atoms with van der Waals surface area (Å²) in [4.78, 5) is 18.9. The Morgan fingerprint density at radius 2 is 2.08 bits per heavy atom. The van der Waals surface area contributed by atoms with Gasteiger partial charge in [-0.15, -0.1) is 5.10 Å². The van der Waals surface area contributed by atoms with Gasteiger partial charge >= 0.3 is 0 Å². The van der Waals surface area contributed by atoms with Crippen molar-refractivity contribution >= 4 is 11.9 Å². The number of carbonyl (C=O) groups is 1. The number of amides is 1. The van der Waals surface area contributed by atoms with Gasteiger partial charge in [0, 0.05) is 18.4 Å². The highest BCUT2D eigenvalue weighted by Gasteiger charge is 2.07. The summed E-state index contributed by atoms with van der Waals surface area (Å²) in [5.74, 6) is 0.470. The number of phenols is 1. The third kappa shape index (κ3) is 5.07. The highest BCUT2D eigenvalue weighted by atomic mass is 16.3. The van der Waals surface area contributed by atoms with Crippen LogP contribution in [0.5, 0.6) is 5.75 Å². The fourth-order valence-electron chi connectivity index (χ4n) is 2.51. The van der Waals surface area contributed by atoms with Gasteiger partial charge in [-0.3, -0.25) is 4.79 Å². The van der Waals surface area contributed by atoms with Crippen molar-refractivity contribution in [1.29, 1.82) is 0 Å². The van der Waals surface area contributed by atoms with Crippen LogP contribution in [0.3, 0.4) is 0 Å².